The van der Waals surface area contributed by atoms with Crippen molar-refractivity contribution in [3.05, 3.63) is 48.5 Å². The van der Waals surface area contributed by atoms with Crippen molar-refractivity contribution in [3.8, 4) is 23.0 Å². The van der Waals surface area contributed by atoms with Crippen LogP contribution in [0.3, 0.4) is 0 Å². The second kappa shape index (κ2) is 9.42. The van der Waals surface area contributed by atoms with E-state index in [-0.39, 0.29) is 5.91 Å². The van der Waals surface area contributed by atoms with Crippen LogP contribution in [-0.2, 0) is 4.79 Å². The first kappa shape index (κ1) is 18.4. The quantitative estimate of drug-likeness (QED) is 0.708. The molecule has 0 aliphatic carbocycles. The maximum Gasteiger partial charge on any atom is 0.260 e. The monoisotopic (exact) mass is 345 g/mol. The Labute approximate surface area is 147 Å². The van der Waals surface area contributed by atoms with Crippen LogP contribution in [0.5, 0.6) is 23.0 Å². The lowest BCUT2D eigenvalue weighted by molar-refractivity contribution is -0.127. The molecule has 2 aromatic carbocycles. The van der Waals surface area contributed by atoms with E-state index < -0.39 is 6.10 Å². The number of ether oxygens (including phenoxy) is 4. The van der Waals surface area contributed by atoms with Crippen LogP contribution in [0.2, 0.25) is 0 Å². The molecule has 0 aliphatic rings. The average Bonchev–Trinajstić information content (AvgIpc) is 2.65. The van der Waals surface area contributed by atoms with Crippen molar-refractivity contribution in [1.29, 1.82) is 0 Å². The Morgan fingerprint density at radius 3 is 2.24 bits per heavy atom. The highest BCUT2D eigenvalue weighted by Gasteiger charge is 2.16. The minimum atomic E-state index is -0.641. The zero-order valence-electron chi connectivity index (χ0n) is 14.7. The van der Waals surface area contributed by atoms with Gasteiger partial charge in [0, 0.05) is 0 Å². The van der Waals surface area contributed by atoms with Crippen LogP contribution in [0, 0.1) is 0 Å². The van der Waals surface area contributed by atoms with Gasteiger partial charge >= 0.3 is 0 Å². The predicted octanol–water partition coefficient (Wildman–Crippen LogP) is 2.67. The van der Waals surface area contributed by atoms with Crippen LogP contribution in [-0.4, -0.2) is 39.4 Å². The summed E-state index contributed by atoms with van der Waals surface area (Å²) in [7, 11) is 3.17. The number of carbonyl (C=O) groups is 1. The third kappa shape index (κ3) is 5.60. The van der Waals surface area contributed by atoms with Crippen molar-refractivity contribution < 1.29 is 23.7 Å². The van der Waals surface area contributed by atoms with Crippen molar-refractivity contribution in [2.24, 2.45) is 0 Å². The molecule has 0 saturated heterocycles. The molecule has 1 amide bonds. The lowest BCUT2D eigenvalue weighted by Crippen LogP contribution is -2.38. The average molecular weight is 345 g/mol. The minimum absolute atomic E-state index is 0.218. The number of hydrogen-bond acceptors (Lipinski definition) is 5. The standard InChI is InChI=1S/C19H23NO5/c1-14(25-18-7-5-4-6-17(18)23-3)19(21)20-12-13-24-16-10-8-15(22-2)9-11-16/h4-11,14H,12-13H2,1-3H3,(H,20,21)/t14-/m1/s1. The van der Waals surface area contributed by atoms with Gasteiger partial charge in [0.25, 0.3) is 5.91 Å². The Kier molecular flexibility index (Phi) is 6.95. The van der Waals surface area contributed by atoms with E-state index >= 15 is 0 Å². The molecule has 0 saturated carbocycles. The second-order valence-electron chi connectivity index (χ2n) is 5.23. The van der Waals surface area contributed by atoms with E-state index in [1.54, 1.807) is 33.3 Å². The van der Waals surface area contributed by atoms with Crippen LogP contribution in [0.1, 0.15) is 6.92 Å². The molecule has 0 fully saturated rings. The Morgan fingerprint density at radius 2 is 1.60 bits per heavy atom. The predicted molar refractivity (Wildman–Crippen MR) is 94.6 cm³/mol. The summed E-state index contributed by atoms with van der Waals surface area (Å²) in [6, 6.07) is 14.5. The molecule has 134 valence electrons. The molecule has 0 heterocycles. The molecule has 0 aliphatic heterocycles. The maximum absolute atomic E-state index is 12.1. The number of nitrogens with one attached hydrogen (secondary N) is 1. The zero-order valence-corrected chi connectivity index (χ0v) is 14.7. The fourth-order valence-corrected chi connectivity index (χ4v) is 2.12. The first-order valence-corrected chi connectivity index (χ1v) is 7.98. The first-order valence-electron chi connectivity index (χ1n) is 7.98. The number of para-hydroxylation sites is 2. The van der Waals surface area contributed by atoms with Crippen LogP contribution >= 0.6 is 0 Å². The van der Waals surface area contributed by atoms with E-state index in [0.717, 1.165) is 5.75 Å². The first-order chi connectivity index (χ1) is 12.1. The molecule has 1 atom stereocenters. The molecule has 0 aromatic heterocycles. The number of carbonyl (C=O) groups excluding carboxylic acids is 1. The fourth-order valence-electron chi connectivity index (χ4n) is 2.12. The Balaban J connectivity index is 1.73. The van der Waals surface area contributed by atoms with E-state index in [1.807, 2.05) is 36.4 Å². The van der Waals surface area contributed by atoms with Crippen molar-refractivity contribution >= 4 is 5.91 Å². The van der Waals surface area contributed by atoms with Gasteiger partial charge < -0.3 is 24.3 Å². The molecule has 6 nitrogen and oxygen atoms in total. The lowest BCUT2D eigenvalue weighted by Gasteiger charge is -2.16. The van der Waals surface area contributed by atoms with Crippen molar-refractivity contribution in [3.63, 3.8) is 0 Å². The summed E-state index contributed by atoms with van der Waals surface area (Å²) in [5, 5.41) is 2.78. The van der Waals surface area contributed by atoms with E-state index in [9.17, 15) is 4.79 Å². The zero-order chi connectivity index (χ0) is 18.1. The summed E-state index contributed by atoms with van der Waals surface area (Å²) in [5.74, 6) is 2.38. The SMILES string of the molecule is COc1ccc(OCCNC(=O)[C@@H](C)Oc2ccccc2OC)cc1. The lowest BCUT2D eigenvalue weighted by atomic mass is 10.3. The Hall–Kier alpha value is -2.89. The topological polar surface area (TPSA) is 66.0 Å². The molecule has 2 aromatic rings. The second-order valence-corrected chi connectivity index (χ2v) is 5.23. The molecule has 0 spiro atoms. The molecular weight excluding hydrogens is 322 g/mol. The number of benzene rings is 2. The summed E-state index contributed by atoms with van der Waals surface area (Å²) in [6.07, 6.45) is -0.641. The molecular formula is C19H23NO5. The third-order valence-corrected chi connectivity index (χ3v) is 3.47. The smallest absolute Gasteiger partial charge is 0.260 e. The van der Waals surface area contributed by atoms with Gasteiger partial charge in [-0.2, -0.15) is 0 Å². The van der Waals surface area contributed by atoms with E-state index in [1.165, 1.54) is 0 Å². The van der Waals surface area contributed by atoms with Gasteiger partial charge in [0.2, 0.25) is 0 Å². The van der Waals surface area contributed by atoms with E-state index in [0.29, 0.717) is 30.4 Å². The van der Waals surface area contributed by atoms with Gasteiger partial charge in [-0.15, -0.1) is 0 Å². The molecule has 2 rings (SSSR count). The Morgan fingerprint density at radius 1 is 0.960 bits per heavy atom. The Bertz CT molecular complexity index is 672. The summed E-state index contributed by atoms with van der Waals surface area (Å²) >= 11 is 0. The number of amides is 1. The summed E-state index contributed by atoms with van der Waals surface area (Å²) in [6.45, 7) is 2.43. The molecule has 0 radical (unpaired) electrons. The highest BCUT2D eigenvalue weighted by Crippen LogP contribution is 2.26. The van der Waals surface area contributed by atoms with Gasteiger partial charge in [0.1, 0.15) is 18.1 Å². The maximum atomic E-state index is 12.1. The summed E-state index contributed by atoms with van der Waals surface area (Å²) < 4.78 is 21.5. The molecule has 6 heteroatoms. The van der Waals surface area contributed by atoms with E-state index in [4.69, 9.17) is 18.9 Å². The van der Waals surface area contributed by atoms with Gasteiger partial charge in [0.15, 0.2) is 17.6 Å². The largest absolute Gasteiger partial charge is 0.497 e. The summed E-state index contributed by atoms with van der Waals surface area (Å²) in [4.78, 5) is 12.1. The number of methoxy groups -OCH3 is 2. The minimum Gasteiger partial charge on any atom is -0.497 e. The highest BCUT2D eigenvalue weighted by atomic mass is 16.5. The fraction of sp³-hybridized carbons (Fsp3) is 0.316. The van der Waals surface area contributed by atoms with Gasteiger partial charge in [-0.1, -0.05) is 12.1 Å². The van der Waals surface area contributed by atoms with Gasteiger partial charge in [-0.25, -0.2) is 0 Å². The normalized spacial score (nSPS) is 11.3. The van der Waals surface area contributed by atoms with Crippen LogP contribution in [0.4, 0.5) is 0 Å². The van der Waals surface area contributed by atoms with Gasteiger partial charge in [-0.05, 0) is 43.3 Å². The number of rotatable bonds is 9. The van der Waals surface area contributed by atoms with E-state index in [2.05, 4.69) is 5.32 Å². The van der Waals surface area contributed by atoms with Gasteiger partial charge in [-0.3, -0.25) is 4.79 Å². The molecule has 25 heavy (non-hydrogen) atoms. The molecule has 0 unspecified atom stereocenters. The van der Waals surface area contributed by atoms with Crippen molar-refractivity contribution in [2.45, 2.75) is 13.0 Å². The highest BCUT2D eigenvalue weighted by molar-refractivity contribution is 5.80. The van der Waals surface area contributed by atoms with Crippen molar-refractivity contribution in [2.75, 3.05) is 27.4 Å². The number of hydrogen-bond donors (Lipinski definition) is 1. The van der Waals surface area contributed by atoms with Gasteiger partial charge in [0.05, 0.1) is 20.8 Å². The molecule has 0 bridgehead atoms. The summed E-state index contributed by atoms with van der Waals surface area (Å²) in [5.41, 5.74) is 0. The molecule has 1 N–H and O–H groups in total. The van der Waals surface area contributed by atoms with Crippen LogP contribution in [0.15, 0.2) is 48.5 Å². The van der Waals surface area contributed by atoms with Crippen molar-refractivity contribution in [1.82, 2.24) is 5.32 Å². The third-order valence-electron chi connectivity index (χ3n) is 3.47. The van der Waals surface area contributed by atoms with Crippen LogP contribution < -0.4 is 24.3 Å². The van der Waals surface area contributed by atoms with Crippen LogP contribution in [0.25, 0.3) is 0 Å².